The molecule has 0 atom stereocenters. The Balaban J connectivity index is 1.79. The third-order valence-corrected chi connectivity index (χ3v) is 4.87. The first kappa shape index (κ1) is 17.1. The van der Waals surface area contributed by atoms with Gasteiger partial charge in [-0.05, 0) is 42.5 Å². The Hall–Kier alpha value is -2.71. The lowest BCUT2D eigenvalue weighted by Crippen LogP contribution is -2.24. The highest BCUT2D eigenvalue weighted by molar-refractivity contribution is 7.89. The van der Waals surface area contributed by atoms with Crippen molar-refractivity contribution in [1.29, 1.82) is 0 Å². The number of benzene rings is 2. The minimum Gasteiger partial charge on any atom is -0.240 e. The third-order valence-electron chi connectivity index (χ3n) is 3.43. The van der Waals surface area contributed by atoms with Gasteiger partial charge in [0.1, 0.15) is 22.9 Å². The minimum absolute atomic E-state index is 0.132. The average molecular weight is 361 g/mol. The smallest absolute Gasteiger partial charge is 0.240 e. The fourth-order valence-corrected chi connectivity index (χ4v) is 3.26. The van der Waals surface area contributed by atoms with Crippen LogP contribution in [0.2, 0.25) is 0 Å². The van der Waals surface area contributed by atoms with Crippen molar-refractivity contribution < 1.29 is 17.2 Å². The second kappa shape index (κ2) is 7.04. The molecule has 0 aliphatic rings. The van der Waals surface area contributed by atoms with Crippen LogP contribution >= 0.6 is 0 Å². The first-order valence-corrected chi connectivity index (χ1v) is 8.75. The second-order valence-corrected chi connectivity index (χ2v) is 6.89. The number of nitrogens with one attached hydrogen (secondary N) is 1. The Morgan fingerprint density at radius 3 is 2.40 bits per heavy atom. The van der Waals surface area contributed by atoms with Crippen molar-refractivity contribution in [3.05, 3.63) is 78.3 Å². The molecule has 0 spiro atoms. The molecule has 128 valence electrons. The van der Waals surface area contributed by atoms with Gasteiger partial charge in [-0.15, -0.1) is 0 Å². The van der Waals surface area contributed by atoms with Crippen LogP contribution in [0, 0.1) is 11.6 Å². The number of nitrogens with zero attached hydrogens (tertiary/aromatic N) is 2. The lowest BCUT2D eigenvalue weighted by atomic mass is 10.1. The number of aromatic nitrogens is 2. The van der Waals surface area contributed by atoms with Gasteiger partial charge in [-0.25, -0.2) is 31.9 Å². The largest absolute Gasteiger partial charge is 0.243 e. The maximum atomic E-state index is 13.7. The second-order valence-electron chi connectivity index (χ2n) is 5.16. The van der Waals surface area contributed by atoms with Crippen LogP contribution in [0.3, 0.4) is 0 Å². The van der Waals surface area contributed by atoms with Crippen LogP contribution in [0.25, 0.3) is 11.3 Å². The molecule has 0 fully saturated rings. The summed E-state index contributed by atoms with van der Waals surface area (Å²) in [6.45, 7) is -0.132. The Bertz CT molecular complexity index is 993. The first-order valence-electron chi connectivity index (χ1n) is 7.27. The molecule has 0 aliphatic heterocycles. The summed E-state index contributed by atoms with van der Waals surface area (Å²) >= 11 is 0. The van der Waals surface area contributed by atoms with Crippen LogP contribution in [-0.2, 0) is 16.6 Å². The van der Waals surface area contributed by atoms with Crippen molar-refractivity contribution >= 4 is 10.0 Å². The highest BCUT2D eigenvalue weighted by Gasteiger charge is 2.18. The third kappa shape index (κ3) is 4.04. The summed E-state index contributed by atoms with van der Waals surface area (Å²) in [6.07, 6.45) is 1.28. The predicted octanol–water partition coefficient (Wildman–Crippen LogP) is 2.90. The van der Waals surface area contributed by atoms with E-state index in [2.05, 4.69) is 14.7 Å². The zero-order chi connectivity index (χ0) is 17.9. The van der Waals surface area contributed by atoms with E-state index in [1.807, 2.05) is 0 Å². The predicted molar refractivity (Wildman–Crippen MR) is 87.9 cm³/mol. The van der Waals surface area contributed by atoms with E-state index in [0.29, 0.717) is 17.0 Å². The van der Waals surface area contributed by atoms with Gasteiger partial charge in [-0.1, -0.05) is 12.1 Å². The molecule has 1 aromatic heterocycles. The minimum atomic E-state index is -4.01. The van der Waals surface area contributed by atoms with E-state index in [9.17, 15) is 17.2 Å². The Morgan fingerprint density at radius 1 is 0.960 bits per heavy atom. The highest BCUT2D eigenvalue weighted by atomic mass is 32.2. The van der Waals surface area contributed by atoms with E-state index in [0.717, 1.165) is 6.07 Å². The van der Waals surface area contributed by atoms with Crippen LogP contribution in [0.5, 0.6) is 0 Å². The Morgan fingerprint density at radius 2 is 1.68 bits per heavy atom. The Kier molecular flexibility index (Phi) is 4.82. The van der Waals surface area contributed by atoms with E-state index in [-0.39, 0.29) is 12.4 Å². The SMILES string of the molecule is O=S(=O)(NCc1cc(-c2ccc(F)cc2)ncn1)c1ccccc1F. The zero-order valence-corrected chi connectivity index (χ0v) is 13.7. The maximum Gasteiger partial charge on any atom is 0.243 e. The fourth-order valence-electron chi connectivity index (χ4n) is 2.18. The van der Waals surface area contributed by atoms with Crippen molar-refractivity contribution in [2.75, 3.05) is 0 Å². The number of halogens is 2. The van der Waals surface area contributed by atoms with E-state index in [4.69, 9.17) is 0 Å². The highest BCUT2D eigenvalue weighted by Crippen LogP contribution is 2.18. The van der Waals surface area contributed by atoms with Crippen LogP contribution in [0.4, 0.5) is 8.78 Å². The van der Waals surface area contributed by atoms with Crippen LogP contribution in [0.15, 0.2) is 65.8 Å². The molecule has 3 aromatic rings. The molecule has 25 heavy (non-hydrogen) atoms. The summed E-state index contributed by atoms with van der Waals surface area (Å²) < 4.78 is 53.3. The molecule has 3 rings (SSSR count). The van der Waals surface area contributed by atoms with Gasteiger partial charge in [0.05, 0.1) is 17.9 Å². The molecule has 0 unspecified atom stereocenters. The van der Waals surface area contributed by atoms with E-state index in [1.165, 1.54) is 36.7 Å². The molecule has 0 saturated heterocycles. The summed E-state index contributed by atoms with van der Waals surface area (Å²) in [5.41, 5.74) is 1.59. The number of hydrogen-bond donors (Lipinski definition) is 1. The quantitative estimate of drug-likeness (QED) is 0.758. The number of rotatable bonds is 5. The summed E-state index contributed by atoms with van der Waals surface area (Å²) in [6, 6.07) is 12.4. The molecule has 5 nitrogen and oxygen atoms in total. The fraction of sp³-hybridized carbons (Fsp3) is 0.0588. The lowest BCUT2D eigenvalue weighted by molar-refractivity contribution is 0.556. The van der Waals surface area contributed by atoms with E-state index >= 15 is 0 Å². The topological polar surface area (TPSA) is 72.0 Å². The first-order chi connectivity index (χ1) is 12.0. The standard InChI is InChI=1S/C17H13F2N3O2S/c18-13-7-5-12(6-8-13)16-9-14(20-11-21-16)10-22-25(23,24)17-4-2-1-3-15(17)19/h1-9,11,22H,10H2. The van der Waals surface area contributed by atoms with Crippen LogP contribution in [0.1, 0.15) is 5.69 Å². The van der Waals surface area contributed by atoms with Gasteiger partial charge in [0.2, 0.25) is 10.0 Å². The van der Waals surface area contributed by atoms with Gasteiger partial charge in [-0.2, -0.15) is 0 Å². The molecule has 0 radical (unpaired) electrons. The lowest BCUT2D eigenvalue weighted by Gasteiger charge is -2.08. The van der Waals surface area contributed by atoms with Gasteiger partial charge < -0.3 is 0 Å². The van der Waals surface area contributed by atoms with Gasteiger partial charge in [0.15, 0.2) is 0 Å². The van der Waals surface area contributed by atoms with Gasteiger partial charge in [0.25, 0.3) is 0 Å². The van der Waals surface area contributed by atoms with Crippen LogP contribution in [-0.4, -0.2) is 18.4 Å². The molecule has 1 N–H and O–H groups in total. The average Bonchev–Trinajstić information content (AvgIpc) is 2.61. The van der Waals surface area contributed by atoms with Crippen molar-refractivity contribution in [2.24, 2.45) is 0 Å². The molecule has 0 aliphatic carbocycles. The zero-order valence-electron chi connectivity index (χ0n) is 12.9. The summed E-state index contributed by atoms with van der Waals surface area (Å²) in [4.78, 5) is 7.65. The van der Waals surface area contributed by atoms with Gasteiger partial charge in [-0.3, -0.25) is 0 Å². The van der Waals surface area contributed by atoms with E-state index in [1.54, 1.807) is 18.2 Å². The van der Waals surface area contributed by atoms with Crippen molar-refractivity contribution in [3.63, 3.8) is 0 Å². The normalized spacial score (nSPS) is 11.4. The maximum absolute atomic E-state index is 13.7. The van der Waals surface area contributed by atoms with Gasteiger partial charge >= 0.3 is 0 Å². The van der Waals surface area contributed by atoms with Crippen LogP contribution < -0.4 is 4.72 Å². The number of hydrogen-bond acceptors (Lipinski definition) is 4. The summed E-state index contributed by atoms with van der Waals surface area (Å²) in [5, 5.41) is 0. The molecule has 8 heteroatoms. The molecule has 0 bridgehead atoms. The molecule has 0 saturated carbocycles. The monoisotopic (exact) mass is 361 g/mol. The molecular formula is C17H13F2N3O2S. The van der Waals surface area contributed by atoms with Crippen molar-refractivity contribution in [2.45, 2.75) is 11.4 Å². The molecule has 2 aromatic carbocycles. The summed E-state index contributed by atoms with van der Waals surface area (Å²) in [7, 11) is -4.01. The number of sulfonamides is 1. The van der Waals surface area contributed by atoms with Crippen molar-refractivity contribution in [1.82, 2.24) is 14.7 Å². The van der Waals surface area contributed by atoms with E-state index < -0.39 is 20.7 Å². The van der Waals surface area contributed by atoms with Gasteiger partial charge in [0, 0.05) is 5.56 Å². The Labute approximate surface area is 143 Å². The molecule has 1 heterocycles. The van der Waals surface area contributed by atoms with Crippen molar-refractivity contribution in [3.8, 4) is 11.3 Å². The summed E-state index contributed by atoms with van der Waals surface area (Å²) in [5.74, 6) is -1.19. The molecular weight excluding hydrogens is 348 g/mol. The molecule has 0 amide bonds.